The second-order valence-electron chi connectivity index (χ2n) is 8.16. The average molecular weight is 376 g/mol. The normalized spacial score (nSPS) is 22.3. The van der Waals surface area contributed by atoms with Crippen LogP contribution in [-0.4, -0.2) is 57.7 Å². The van der Waals surface area contributed by atoms with Crippen molar-refractivity contribution >= 4 is 12.0 Å². The molecule has 1 saturated heterocycles. The Kier molecular flexibility index (Phi) is 5.64. The van der Waals surface area contributed by atoms with Gasteiger partial charge in [0.15, 0.2) is 0 Å². The van der Waals surface area contributed by atoms with Gasteiger partial charge in [-0.3, -0.25) is 14.8 Å². The smallest absolute Gasteiger partial charge is 0.408 e. The summed E-state index contributed by atoms with van der Waals surface area (Å²) in [7, 11) is 0. The molecule has 27 heavy (non-hydrogen) atoms. The van der Waals surface area contributed by atoms with Gasteiger partial charge in [-0.1, -0.05) is 12.8 Å². The fourth-order valence-electron chi connectivity index (χ4n) is 3.66. The molecule has 1 aliphatic carbocycles. The molecule has 0 aromatic carbocycles. The summed E-state index contributed by atoms with van der Waals surface area (Å²) in [4.78, 5) is 35.8. The maximum absolute atomic E-state index is 13.4. The number of hydrogen-bond donors (Lipinski definition) is 1. The lowest BCUT2D eigenvalue weighted by Gasteiger charge is -2.39. The van der Waals surface area contributed by atoms with Gasteiger partial charge in [-0.05, 0) is 33.6 Å². The second-order valence-corrected chi connectivity index (χ2v) is 8.16. The van der Waals surface area contributed by atoms with E-state index in [-0.39, 0.29) is 12.0 Å². The molecule has 8 nitrogen and oxygen atoms in total. The molecule has 1 atom stereocenters. The number of hydrogen-bond acceptors (Lipinski definition) is 6. The number of nitrogens with one attached hydrogen (secondary N) is 1. The van der Waals surface area contributed by atoms with Crippen LogP contribution in [0, 0.1) is 0 Å². The van der Waals surface area contributed by atoms with Gasteiger partial charge >= 0.3 is 6.09 Å². The Hall–Kier alpha value is -2.22. The molecule has 2 aliphatic rings. The fraction of sp³-hybridized carbons (Fsp3) is 0.684. The van der Waals surface area contributed by atoms with Crippen molar-refractivity contribution in [2.45, 2.75) is 63.7 Å². The first kappa shape index (κ1) is 19.5. The lowest BCUT2D eigenvalue weighted by Crippen LogP contribution is -2.60. The monoisotopic (exact) mass is 376 g/mol. The Morgan fingerprint density at radius 1 is 1.30 bits per heavy atom. The highest BCUT2D eigenvalue weighted by atomic mass is 16.6. The van der Waals surface area contributed by atoms with Crippen molar-refractivity contribution in [1.82, 2.24) is 20.2 Å². The van der Waals surface area contributed by atoms with Crippen molar-refractivity contribution in [2.24, 2.45) is 0 Å². The minimum atomic E-state index is -0.896. The van der Waals surface area contributed by atoms with E-state index in [1.807, 2.05) is 20.8 Å². The topological polar surface area (TPSA) is 93.7 Å². The molecular formula is C19H28N4O4. The van der Waals surface area contributed by atoms with Gasteiger partial charge in [0.25, 0.3) is 0 Å². The molecule has 0 unspecified atom stereocenters. The third-order valence-corrected chi connectivity index (χ3v) is 4.87. The van der Waals surface area contributed by atoms with E-state index in [1.165, 1.54) is 0 Å². The number of carbonyl (C=O) groups excluding carboxylic acids is 2. The summed E-state index contributed by atoms with van der Waals surface area (Å²) in [6, 6.07) is 0. The van der Waals surface area contributed by atoms with E-state index in [1.54, 1.807) is 23.5 Å². The highest BCUT2D eigenvalue weighted by Gasteiger charge is 2.46. The molecule has 1 N–H and O–H groups in total. The Balaban J connectivity index is 1.72. The summed E-state index contributed by atoms with van der Waals surface area (Å²) >= 11 is 0. The van der Waals surface area contributed by atoms with Gasteiger partial charge in [-0.25, -0.2) is 4.79 Å². The number of nitrogens with zero attached hydrogens (tertiary/aromatic N) is 3. The Labute approximate surface area is 159 Å². The van der Waals surface area contributed by atoms with Gasteiger partial charge in [0.05, 0.1) is 25.0 Å². The standard InChI is InChI=1S/C19H28N4O4/c1-18(2,3)27-17(25)22-19(6-4-5-7-19)16(24)23-10-11-26-15(13-23)14-12-20-8-9-21-14/h8-9,12,15H,4-7,10-11,13H2,1-3H3,(H,22,25)/t15-/m1/s1. The van der Waals surface area contributed by atoms with Gasteiger partial charge in [0, 0.05) is 18.9 Å². The van der Waals surface area contributed by atoms with Crippen LogP contribution in [-0.2, 0) is 14.3 Å². The van der Waals surface area contributed by atoms with Crippen LogP contribution in [0.2, 0.25) is 0 Å². The van der Waals surface area contributed by atoms with E-state index >= 15 is 0 Å². The summed E-state index contributed by atoms with van der Waals surface area (Å²) in [5.41, 5.74) is -0.800. The third-order valence-electron chi connectivity index (χ3n) is 4.87. The Morgan fingerprint density at radius 2 is 2.04 bits per heavy atom. The van der Waals surface area contributed by atoms with Crippen LogP contribution in [0.25, 0.3) is 0 Å². The molecule has 0 radical (unpaired) electrons. The summed E-state index contributed by atoms with van der Waals surface area (Å²) in [6.45, 7) is 6.74. The lowest BCUT2D eigenvalue weighted by molar-refractivity contribution is -0.146. The van der Waals surface area contributed by atoms with Crippen LogP contribution in [0.4, 0.5) is 4.79 Å². The minimum Gasteiger partial charge on any atom is -0.444 e. The lowest BCUT2D eigenvalue weighted by atomic mass is 9.95. The molecule has 148 valence electrons. The molecular weight excluding hydrogens is 348 g/mol. The van der Waals surface area contributed by atoms with E-state index in [0.717, 1.165) is 12.8 Å². The quantitative estimate of drug-likeness (QED) is 0.869. The van der Waals surface area contributed by atoms with E-state index in [0.29, 0.717) is 38.2 Å². The molecule has 2 amide bonds. The van der Waals surface area contributed by atoms with Crippen molar-refractivity contribution < 1.29 is 19.1 Å². The van der Waals surface area contributed by atoms with Crippen LogP contribution in [0.1, 0.15) is 58.3 Å². The number of aromatic nitrogens is 2. The van der Waals surface area contributed by atoms with Crippen molar-refractivity contribution in [3.63, 3.8) is 0 Å². The number of carbonyl (C=O) groups is 2. The molecule has 0 spiro atoms. The van der Waals surface area contributed by atoms with E-state index in [2.05, 4.69) is 15.3 Å². The number of rotatable bonds is 3. The van der Waals surface area contributed by atoms with Crippen LogP contribution in [0.3, 0.4) is 0 Å². The number of morpholine rings is 1. The average Bonchev–Trinajstić information content (AvgIpc) is 3.10. The largest absolute Gasteiger partial charge is 0.444 e. The first-order chi connectivity index (χ1) is 12.8. The van der Waals surface area contributed by atoms with Gasteiger partial charge < -0.3 is 19.7 Å². The summed E-state index contributed by atoms with van der Waals surface area (Å²) in [5, 5.41) is 2.88. The Morgan fingerprint density at radius 3 is 2.67 bits per heavy atom. The SMILES string of the molecule is CC(C)(C)OC(=O)NC1(C(=O)N2CCO[C@@H](c3cnccn3)C2)CCCC1. The zero-order chi connectivity index (χ0) is 19.5. The molecule has 3 rings (SSSR count). The predicted octanol–water partition coefficient (Wildman–Crippen LogP) is 2.21. The van der Waals surface area contributed by atoms with Crippen LogP contribution in [0.5, 0.6) is 0 Å². The second kappa shape index (κ2) is 7.80. The maximum Gasteiger partial charge on any atom is 0.408 e. The third kappa shape index (κ3) is 4.74. The molecule has 1 aromatic heterocycles. The van der Waals surface area contributed by atoms with Crippen molar-refractivity contribution in [1.29, 1.82) is 0 Å². The predicted molar refractivity (Wildman–Crippen MR) is 97.9 cm³/mol. The van der Waals surface area contributed by atoms with E-state index < -0.39 is 17.2 Å². The van der Waals surface area contributed by atoms with E-state index in [4.69, 9.17) is 9.47 Å². The molecule has 1 aromatic rings. The van der Waals surface area contributed by atoms with Gasteiger partial charge in [0.2, 0.25) is 5.91 Å². The zero-order valence-corrected chi connectivity index (χ0v) is 16.2. The maximum atomic E-state index is 13.4. The van der Waals surface area contributed by atoms with Crippen molar-refractivity contribution in [3.8, 4) is 0 Å². The van der Waals surface area contributed by atoms with Gasteiger partial charge in [0.1, 0.15) is 17.2 Å². The fourth-order valence-corrected chi connectivity index (χ4v) is 3.66. The molecule has 1 aliphatic heterocycles. The summed E-state index contributed by atoms with van der Waals surface area (Å²) in [6.07, 6.45) is 7.07. The Bertz CT molecular complexity index is 668. The summed E-state index contributed by atoms with van der Waals surface area (Å²) < 4.78 is 11.2. The first-order valence-electron chi connectivity index (χ1n) is 9.47. The highest BCUT2D eigenvalue weighted by molar-refractivity contribution is 5.90. The molecule has 2 heterocycles. The van der Waals surface area contributed by atoms with Crippen molar-refractivity contribution in [3.05, 3.63) is 24.3 Å². The number of amides is 2. The van der Waals surface area contributed by atoms with Crippen molar-refractivity contribution in [2.75, 3.05) is 19.7 Å². The molecule has 0 bridgehead atoms. The number of ether oxygens (including phenoxy) is 2. The molecule has 8 heteroatoms. The van der Waals surface area contributed by atoms with Gasteiger partial charge in [-0.15, -0.1) is 0 Å². The van der Waals surface area contributed by atoms with Crippen LogP contribution in [0.15, 0.2) is 18.6 Å². The number of alkyl carbamates (subject to hydrolysis) is 1. The molecule has 2 fully saturated rings. The zero-order valence-electron chi connectivity index (χ0n) is 16.2. The van der Waals surface area contributed by atoms with Gasteiger partial charge in [-0.2, -0.15) is 0 Å². The minimum absolute atomic E-state index is 0.0666. The van der Waals surface area contributed by atoms with Crippen LogP contribution >= 0.6 is 0 Å². The molecule has 1 saturated carbocycles. The first-order valence-corrected chi connectivity index (χ1v) is 9.47. The van der Waals surface area contributed by atoms with E-state index in [9.17, 15) is 9.59 Å². The highest BCUT2D eigenvalue weighted by Crippen LogP contribution is 2.33. The summed E-state index contributed by atoms with van der Waals surface area (Å²) in [5.74, 6) is -0.0666. The van der Waals surface area contributed by atoms with Crippen LogP contribution < -0.4 is 5.32 Å².